The molecule has 6 nitrogen and oxygen atoms in total. The Bertz CT molecular complexity index is 341. The molecule has 15 heavy (non-hydrogen) atoms. The van der Waals surface area contributed by atoms with Crippen LogP contribution < -0.4 is 4.72 Å². The van der Waals surface area contributed by atoms with E-state index in [0.717, 1.165) is 4.31 Å². The van der Waals surface area contributed by atoms with Gasteiger partial charge in [0.1, 0.15) is 6.04 Å². The molecule has 1 fully saturated rings. The predicted molar refractivity (Wildman–Crippen MR) is 57.8 cm³/mol. The van der Waals surface area contributed by atoms with Gasteiger partial charge in [0, 0.05) is 11.8 Å². The highest BCUT2D eigenvalue weighted by atomic mass is 32.2. The Labute approximate surface area is 93.2 Å². The van der Waals surface area contributed by atoms with E-state index >= 15 is 0 Å². The molecule has 0 radical (unpaired) electrons. The van der Waals surface area contributed by atoms with Crippen LogP contribution in [0.5, 0.6) is 0 Å². The molecule has 0 amide bonds. The van der Waals surface area contributed by atoms with E-state index in [2.05, 4.69) is 4.72 Å². The van der Waals surface area contributed by atoms with Crippen molar-refractivity contribution in [3.63, 3.8) is 0 Å². The molecule has 2 N–H and O–H groups in total. The highest BCUT2D eigenvalue weighted by Gasteiger charge is 2.39. The van der Waals surface area contributed by atoms with Crippen molar-refractivity contribution in [3.8, 4) is 0 Å². The molecule has 0 saturated carbocycles. The van der Waals surface area contributed by atoms with Gasteiger partial charge in [0.25, 0.3) is 10.2 Å². The number of nitrogens with one attached hydrogen (secondary N) is 1. The Balaban J connectivity index is 2.82. The molecule has 0 aliphatic carbocycles. The van der Waals surface area contributed by atoms with E-state index in [0.29, 0.717) is 5.75 Å². The van der Waals surface area contributed by atoms with Gasteiger partial charge in [-0.1, -0.05) is 0 Å². The lowest BCUT2D eigenvalue weighted by atomic mass is 10.4. The average Bonchev–Trinajstić information content (AvgIpc) is 2.48. The largest absolute Gasteiger partial charge is 0.480 e. The minimum Gasteiger partial charge on any atom is -0.480 e. The van der Waals surface area contributed by atoms with Gasteiger partial charge in [-0.15, -0.1) is 11.8 Å². The third-order valence-corrected chi connectivity index (χ3v) is 4.77. The molecule has 8 heteroatoms. The van der Waals surface area contributed by atoms with Gasteiger partial charge >= 0.3 is 5.97 Å². The van der Waals surface area contributed by atoms with E-state index in [-0.39, 0.29) is 11.9 Å². The molecule has 1 aliphatic rings. The molecule has 1 rings (SSSR count). The predicted octanol–water partition coefficient (Wildman–Crippen LogP) is -0.311. The van der Waals surface area contributed by atoms with Crippen LogP contribution in [0.25, 0.3) is 0 Å². The standard InChI is InChI=1S/C7H14N2O4S2/c1-5(2)8-15(12,13)9-4-14-3-6(9)7(10)11/h5-6,8H,3-4H2,1-2H3,(H,10,11). The molecular formula is C7H14N2O4S2. The first-order valence-corrected chi connectivity index (χ1v) is 7.03. The fourth-order valence-electron chi connectivity index (χ4n) is 1.22. The summed E-state index contributed by atoms with van der Waals surface area (Å²) in [6, 6.07) is -1.19. The molecule has 0 aromatic carbocycles. The van der Waals surface area contributed by atoms with Crippen LogP contribution in [0.3, 0.4) is 0 Å². The second-order valence-electron chi connectivity index (χ2n) is 3.52. The van der Waals surface area contributed by atoms with Crippen LogP contribution in [-0.2, 0) is 15.0 Å². The lowest BCUT2D eigenvalue weighted by Gasteiger charge is -2.21. The molecule has 1 heterocycles. The highest BCUT2D eigenvalue weighted by Crippen LogP contribution is 2.23. The fraction of sp³-hybridized carbons (Fsp3) is 0.857. The van der Waals surface area contributed by atoms with Gasteiger partial charge in [-0.2, -0.15) is 17.4 Å². The van der Waals surface area contributed by atoms with Crippen LogP contribution in [0.2, 0.25) is 0 Å². The summed E-state index contributed by atoms with van der Waals surface area (Å²) in [6.07, 6.45) is 0. The topological polar surface area (TPSA) is 86.7 Å². The van der Waals surface area contributed by atoms with Crippen LogP contribution in [0.15, 0.2) is 0 Å². The number of thioether (sulfide) groups is 1. The normalized spacial score (nSPS) is 23.5. The average molecular weight is 254 g/mol. The zero-order valence-corrected chi connectivity index (χ0v) is 10.1. The molecule has 1 aliphatic heterocycles. The van der Waals surface area contributed by atoms with Gasteiger partial charge in [-0.3, -0.25) is 4.79 Å². The zero-order chi connectivity index (χ0) is 11.6. The summed E-state index contributed by atoms with van der Waals surface area (Å²) >= 11 is 1.30. The second-order valence-corrected chi connectivity index (χ2v) is 6.17. The maximum atomic E-state index is 11.7. The molecule has 1 unspecified atom stereocenters. The number of hydrogen-bond acceptors (Lipinski definition) is 4. The Morgan fingerprint density at radius 2 is 2.20 bits per heavy atom. The minimum atomic E-state index is -3.67. The summed E-state index contributed by atoms with van der Waals surface area (Å²) in [4.78, 5) is 10.8. The van der Waals surface area contributed by atoms with E-state index in [1.165, 1.54) is 11.8 Å². The lowest BCUT2D eigenvalue weighted by molar-refractivity contribution is -0.140. The van der Waals surface area contributed by atoms with Gasteiger partial charge in [0.2, 0.25) is 0 Å². The van der Waals surface area contributed by atoms with Crippen LogP contribution in [0.4, 0.5) is 0 Å². The molecule has 0 bridgehead atoms. The minimum absolute atomic E-state index is 0.193. The van der Waals surface area contributed by atoms with Gasteiger partial charge in [-0.25, -0.2) is 0 Å². The van der Waals surface area contributed by atoms with Crippen LogP contribution >= 0.6 is 11.8 Å². The van der Waals surface area contributed by atoms with Crippen molar-refractivity contribution in [1.82, 2.24) is 9.03 Å². The number of aliphatic carboxylic acids is 1. The Morgan fingerprint density at radius 3 is 2.67 bits per heavy atom. The maximum Gasteiger partial charge on any atom is 0.322 e. The van der Waals surface area contributed by atoms with Gasteiger partial charge < -0.3 is 5.11 Å². The maximum absolute atomic E-state index is 11.7. The zero-order valence-electron chi connectivity index (χ0n) is 8.50. The molecule has 0 aromatic rings. The van der Waals surface area contributed by atoms with Crippen molar-refractivity contribution >= 4 is 27.9 Å². The van der Waals surface area contributed by atoms with E-state index in [4.69, 9.17) is 5.11 Å². The van der Waals surface area contributed by atoms with Crippen LogP contribution in [0.1, 0.15) is 13.8 Å². The van der Waals surface area contributed by atoms with Gasteiger partial charge in [0.05, 0.1) is 5.88 Å². The summed E-state index contributed by atoms with van der Waals surface area (Å²) in [5, 5.41) is 8.83. The van der Waals surface area contributed by atoms with Gasteiger partial charge in [0.15, 0.2) is 0 Å². The molecule has 0 aromatic heterocycles. The first kappa shape index (κ1) is 12.8. The smallest absolute Gasteiger partial charge is 0.322 e. The van der Waals surface area contributed by atoms with E-state index in [9.17, 15) is 13.2 Å². The Kier molecular flexibility index (Phi) is 3.99. The highest BCUT2D eigenvalue weighted by molar-refractivity contribution is 8.00. The number of carboxylic acids is 1. The molecule has 1 atom stereocenters. The Hall–Kier alpha value is -0.310. The molecule has 1 saturated heterocycles. The fourth-order valence-corrected chi connectivity index (χ4v) is 4.34. The molecule has 0 spiro atoms. The number of rotatable bonds is 4. The van der Waals surface area contributed by atoms with Crippen molar-refractivity contribution in [2.24, 2.45) is 0 Å². The summed E-state index contributed by atoms with van der Waals surface area (Å²) in [7, 11) is -3.67. The Morgan fingerprint density at radius 1 is 1.60 bits per heavy atom. The summed E-state index contributed by atoms with van der Waals surface area (Å²) in [6.45, 7) is 3.38. The molecule has 88 valence electrons. The third-order valence-electron chi connectivity index (χ3n) is 1.82. The number of carbonyl (C=O) groups is 1. The van der Waals surface area contributed by atoms with Crippen molar-refractivity contribution in [3.05, 3.63) is 0 Å². The van der Waals surface area contributed by atoms with Gasteiger partial charge in [-0.05, 0) is 13.8 Å². The molecular weight excluding hydrogens is 240 g/mol. The SMILES string of the molecule is CC(C)NS(=O)(=O)N1CSCC1C(=O)O. The number of carboxylic acid groups (broad SMARTS) is 1. The second kappa shape index (κ2) is 4.69. The van der Waals surface area contributed by atoms with E-state index in [1.807, 2.05) is 0 Å². The van der Waals surface area contributed by atoms with Crippen molar-refractivity contribution in [2.75, 3.05) is 11.6 Å². The number of nitrogens with zero attached hydrogens (tertiary/aromatic N) is 1. The lowest BCUT2D eigenvalue weighted by Crippen LogP contribution is -2.48. The van der Waals surface area contributed by atoms with Crippen LogP contribution in [-0.4, -0.2) is 47.5 Å². The first-order valence-electron chi connectivity index (χ1n) is 4.44. The first-order chi connectivity index (χ1) is 6.84. The summed E-state index contributed by atoms with van der Waals surface area (Å²) in [5.41, 5.74) is 0. The van der Waals surface area contributed by atoms with Crippen molar-refractivity contribution < 1.29 is 18.3 Å². The number of hydrogen-bond donors (Lipinski definition) is 2. The monoisotopic (exact) mass is 254 g/mol. The van der Waals surface area contributed by atoms with Crippen molar-refractivity contribution in [2.45, 2.75) is 25.9 Å². The summed E-state index contributed by atoms with van der Waals surface area (Å²) < 4.78 is 26.7. The third kappa shape index (κ3) is 3.07. The van der Waals surface area contributed by atoms with Crippen molar-refractivity contribution in [1.29, 1.82) is 0 Å². The van der Waals surface area contributed by atoms with E-state index < -0.39 is 22.2 Å². The summed E-state index contributed by atoms with van der Waals surface area (Å²) in [5.74, 6) is -0.609. The van der Waals surface area contributed by atoms with E-state index in [1.54, 1.807) is 13.8 Å². The quantitative estimate of drug-likeness (QED) is 0.718. The van der Waals surface area contributed by atoms with Crippen LogP contribution in [0, 0.1) is 0 Å².